The average Bonchev–Trinajstić information content (AvgIpc) is 3.22. The fraction of sp³-hybridized carbons (Fsp3) is 0.586. The second-order valence-electron chi connectivity index (χ2n) is 11.2. The zero-order valence-electron chi connectivity index (χ0n) is 24.4. The minimum Gasteiger partial charge on any atom is -0.431 e. The molecule has 2 unspecified atom stereocenters. The van der Waals surface area contributed by atoms with Crippen LogP contribution in [0.15, 0.2) is 40.1 Å². The molecule has 13 nitrogen and oxygen atoms in total. The van der Waals surface area contributed by atoms with Crippen molar-refractivity contribution >= 4 is 41.7 Å². The molecular weight excluding hydrogens is 578 g/mol. The van der Waals surface area contributed by atoms with Gasteiger partial charge in [-0.3, -0.25) is 24.9 Å². The number of hydrogen-bond acceptors (Lipinski definition) is 12. The molecule has 0 radical (unpaired) electrons. The first-order chi connectivity index (χ1) is 20.6. The summed E-state index contributed by atoms with van der Waals surface area (Å²) in [6, 6.07) is 2.91. The van der Waals surface area contributed by atoms with Gasteiger partial charge in [0, 0.05) is 41.9 Å². The van der Waals surface area contributed by atoms with Crippen LogP contribution in [0.2, 0.25) is 0 Å². The third-order valence-corrected chi connectivity index (χ3v) is 9.52. The number of carbonyl (C=O) groups excluding carboxylic acids is 4. The number of aliphatic hydroxyl groups excluding tert-OH is 1. The number of carbonyl (C=O) groups is 4. The molecule has 1 aromatic rings. The minimum absolute atomic E-state index is 0.0835. The van der Waals surface area contributed by atoms with Crippen molar-refractivity contribution < 1.29 is 38.5 Å². The van der Waals surface area contributed by atoms with Gasteiger partial charge >= 0.3 is 12.1 Å². The summed E-state index contributed by atoms with van der Waals surface area (Å²) < 4.78 is 16.0. The molecule has 2 amide bonds. The largest absolute Gasteiger partial charge is 0.511 e. The zero-order chi connectivity index (χ0) is 30.7. The Morgan fingerprint density at radius 1 is 1.19 bits per heavy atom. The van der Waals surface area contributed by atoms with Crippen LogP contribution in [0.3, 0.4) is 0 Å². The van der Waals surface area contributed by atoms with Crippen LogP contribution in [0.5, 0.6) is 0 Å². The van der Waals surface area contributed by atoms with E-state index in [4.69, 9.17) is 14.2 Å². The van der Waals surface area contributed by atoms with Crippen molar-refractivity contribution in [2.24, 2.45) is 16.8 Å². The molecule has 3 aliphatic heterocycles. The van der Waals surface area contributed by atoms with Crippen LogP contribution in [0.25, 0.3) is 0 Å². The van der Waals surface area contributed by atoms with Crippen molar-refractivity contribution in [3.05, 3.63) is 40.7 Å². The standard InChI is InChI=1S/C29H37N5O8S/c1-15-22-21(16(2)35)26(37)34(22)23(27(38)40-17(3)41-29(39)42-19-9-5-4-6-10-19)24(15)43-20-13-31-28(32-14-20)33-25(36)18-8-7-11-30-12-18/h7-8,11-12,15-17,19-22,35H,4-6,9-10,13-14H2,1-3H3,(H2,31,32,33,36)/t15-,16-,17?,21-,22-/m1/s1. The van der Waals surface area contributed by atoms with E-state index in [-0.39, 0.29) is 34.8 Å². The summed E-state index contributed by atoms with van der Waals surface area (Å²) in [7, 11) is 0. The van der Waals surface area contributed by atoms with E-state index in [0.29, 0.717) is 29.5 Å². The van der Waals surface area contributed by atoms with Crippen LogP contribution in [-0.2, 0) is 23.8 Å². The molecule has 0 spiro atoms. The van der Waals surface area contributed by atoms with Crippen molar-refractivity contribution in [3.8, 4) is 0 Å². The number of ether oxygens (including phenoxy) is 3. The van der Waals surface area contributed by atoms with Crippen LogP contribution in [0, 0.1) is 11.8 Å². The molecule has 0 aromatic carbocycles. The van der Waals surface area contributed by atoms with Gasteiger partial charge in [-0.05, 0) is 44.7 Å². The van der Waals surface area contributed by atoms with E-state index in [2.05, 4.69) is 20.6 Å². The van der Waals surface area contributed by atoms with Gasteiger partial charge in [0.1, 0.15) is 11.8 Å². The number of β-lactam (4-membered cyclic amide) rings is 1. The number of nitrogens with zero attached hydrogens (tertiary/aromatic N) is 3. The molecule has 4 aliphatic rings. The van der Waals surface area contributed by atoms with E-state index in [1.165, 1.54) is 29.8 Å². The number of nitrogens with one attached hydrogen (secondary N) is 2. The van der Waals surface area contributed by atoms with Crippen LogP contribution >= 0.6 is 11.8 Å². The van der Waals surface area contributed by atoms with E-state index in [0.717, 1.165) is 32.1 Å². The quantitative estimate of drug-likeness (QED) is 0.223. The SMILES string of the molecule is CC(OC(=O)OC1CCCCC1)OC(=O)C1=C(SC2CN=C(NC(=O)c3cccnc3)NC2)[C@H](C)[C@@H]2[C@@H]([C@@H](C)O)C(=O)N12. The first-order valence-corrected chi connectivity index (χ1v) is 15.5. The summed E-state index contributed by atoms with van der Waals surface area (Å²) in [4.78, 5) is 61.7. The Morgan fingerprint density at radius 2 is 1.95 bits per heavy atom. The van der Waals surface area contributed by atoms with Gasteiger partial charge in [0.05, 0.1) is 30.2 Å². The molecule has 5 rings (SSSR count). The zero-order valence-corrected chi connectivity index (χ0v) is 25.2. The topological polar surface area (TPSA) is 169 Å². The summed E-state index contributed by atoms with van der Waals surface area (Å²) in [5, 5.41) is 16.0. The average molecular weight is 616 g/mol. The van der Waals surface area contributed by atoms with E-state index in [9.17, 15) is 24.3 Å². The highest BCUT2D eigenvalue weighted by molar-refractivity contribution is 8.03. The normalized spacial score (nSPS) is 26.7. The highest BCUT2D eigenvalue weighted by atomic mass is 32.2. The number of esters is 1. The van der Waals surface area contributed by atoms with Crippen molar-refractivity contribution in [1.82, 2.24) is 20.5 Å². The summed E-state index contributed by atoms with van der Waals surface area (Å²) >= 11 is 1.40. The summed E-state index contributed by atoms with van der Waals surface area (Å²) in [6.45, 7) is 5.65. The van der Waals surface area contributed by atoms with E-state index in [1.807, 2.05) is 6.92 Å². The van der Waals surface area contributed by atoms with Crippen molar-refractivity contribution in [1.29, 1.82) is 0 Å². The number of rotatable bonds is 8. The Labute approximate surface area is 253 Å². The number of hydrogen-bond donors (Lipinski definition) is 3. The van der Waals surface area contributed by atoms with Crippen LogP contribution in [-0.4, -0.2) is 87.8 Å². The van der Waals surface area contributed by atoms with Crippen molar-refractivity contribution in [2.75, 3.05) is 13.1 Å². The second-order valence-corrected chi connectivity index (χ2v) is 12.5. The highest BCUT2D eigenvalue weighted by Gasteiger charge is 2.60. The van der Waals surface area contributed by atoms with E-state index in [1.54, 1.807) is 25.3 Å². The van der Waals surface area contributed by atoms with Gasteiger partial charge in [-0.15, -0.1) is 11.8 Å². The maximum absolute atomic E-state index is 13.5. The van der Waals surface area contributed by atoms with Gasteiger partial charge in [-0.1, -0.05) is 13.3 Å². The molecule has 2 fully saturated rings. The molecule has 232 valence electrons. The number of guanidine groups is 1. The van der Waals surface area contributed by atoms with Crippen molar-refractivity contribution in [2.45, 2.75) is 82.7 Å². The van der Waals surface area contributed by atoms with Crippen molar-refractivity contribution in [3.63, 3.8) is 0 Å². The minimum atomic E-state index is -1.24. The molecule has 4 heterocycles. The highest BCUT2D eigenvalue weighted by Crippen LogP contribution is 2.51. The molecule has 0 bridgehead atoms. The second kappa shape index (κ2) is 13.3. The predicted octanol–water partition coefficient (Wildman–Crippen LogP) is 2.32. The third-order valence-electron chi connectivity index (χ3n) is 8.05. The lowest BCUT2D eigenvalue weighted by Gasteiger charge is -2.46. The van der Waals surface area contributed by atoms with Crippen LogP contribution in [0.1, 0.15) is 63.2 Å². The number of thioether (sulfide) groups is 1. The van der Waals surface area contributed by atoms with Gasteiger partial charge in [-0.2, -0.15) is 0 Å². The summed E-state index contributed by atoms with van der Waals surface area (Å²) in [5.74, 6) is -2.07. The molecule has 1 aliphatic carbocycles. The first kappa shape index (κ1) is 30.8. The van der Waals surface area contributed by atoms with Gasteiger partial charge in [0.25, 0.3) is 5.91 Å². The van der Waals surface area contributed by atoms with Gasteiger partial charge < -0.3 is 29.5 Å². The van der Waals surface area contributed by atoms with Gasteiger partial charge in [0.2, 0.25) is 12.2 Å². The molecule has 1 aromatic heterocycles. The lowest BCUT2D eigenvalue weighted by molar-refractivity contribution is -0.174. The molecule has 1 saturated heterocycles. The number of pyridine rings is 1. The first-order valence-electron chi connectivity index (χ1n) is 14.6. The third kappa shape index (κ3) is 6.80. The van der Waals surface area contributed by atoms with E-state index < -0.39 is 36.5 Å². The number of aromatic nitrogens is 1. The van der Waals surface area contributed by atoms with Crippen LogP contribution < -0.4 is 10.6 Å². The molecule has 3 N–H and O–H groups in total. The Balaban J connectivity index is 1.25. The molecule has 14 heteroatoms. The molecule has 6 atom stereocenters. The lowest BCUT2D eigenvalue weighted by Crippen LogP contribution is -2.63. The smallest absolute Gasteiger partial charge is 0.431 e. The monoisotopic (exact) mass is 615 g/mol. The molecule has 1 saturated carbocycles. The Morgan fingerprint density at radius 3 is 2.60 bits per heavy atom. The summed E-state index contributed by atoms with van der Waals surface area (Å²) in [6.07, 6.45) is 4.42. The Hall–Kier alpha value is -3.65. The Kier molecular flexibility index (Phi) is 9.55. The lowest BCUT2D eigenvalue weighted by atomic mass is 9.79. The maximum atomic E-state index is 13.5. The Bertz CT molecular complexity index is 1300. The van der Waals surface area contributed by atoms with Crippen LogP contribution in [0.4, 0.5) is 4.79 Å². The number of amides is 2. The number of aliphatic hydroxyl groups is 1. The van der Waals surface area contributed by atoms with E-state index >= 15 is 0 Å². The maximum Gasteiger partial charge on any atom is 0.511 e. The fourth-order valence-electron chi connectivity index (χ4n) is 5.93. The fourth-order valence-corrected chi connectivity index (χ4v) is 7.25. The number of fused-ring (bicyclic) bond motifs is 1. The summed E-state index contributed by atoms with van der Waals surface area (Å²) in [5.41, 5.74) is 0.485. The van der Waals surface area contributed by atoms with Gasteiger partial charge in [0.15, 0.2) is 5.96 Å². The molecular formula is C29H37N5O8S. The number of aliphatic imine (C=N–C) groups is 1. The van der Waals surface area contributed by atoms with Gasteiger partial charge in [-0.25, -0.2) is 9.59 Å². The predicted molar refractivity (Wildman–Crippen MR) is 155 cm³/mol. The molecule has 43 heavy (non-hydrogen) atoms.